The van der Waals surface area contributed by atoms with Crippen LogP contribution in [-0.4, -0.2) is 46.7 Å². The minimum Gasteiger partial charge on any atom is -0.484 e. The van der Waals surface area contributed by atoms with E-state index < -0.39 is 5.97 Å². The molecule has 0 aliphatic carbocycles. The van der Waals surface area contributed by atoms with Gasteiger partial charge in [-0.3, -0.25) is 9.89 Å². The van der Waals surface area contributed by atoms with E-state index in [2.05, 4.69) is 10.2 Å². The van der Waals surface area contributed by atoms with Crippen molar-refractivity contribution in [3.05, 3.63) is 46.3 Å². The Hall–Kier alpha value is -2.83. The lowest BCUT2D eigenvalue weighted by atomic mass is 10.1. The van der Waals surface area contributed by atoms with Crippen molar-refractivity contribution in [2.75, 3.05) is 19.8 Å². The van der Waals surface area contributed by atoms with Gasteiger partial charge in [-0.25, -0.2) is 4.79 Å². The van der Waals surface area contributed by atoms with Gasteiger partial charge < -0.3 is 14.4 Å². The Morgan fingerprint density at radius 3 is 2.85 bits per heavy atom. The molecular formula is C19H23N3O4. The quantitative estimate of drug-likeness (QED) is 0.829. The molecule has 0 bridgehead atoms. The molecule has 26 heavy (non-hydrogen) atoms. The van der Waals surface area contributed by atoms with Crippen molar-refractivity contribution in [3.63, 3.8) is 0 Å². The molecule has 0 radical (unpaired) electrons. The van der Waals surface area contributed by atoms with Gasteiger partial charge in [-0.1, -0.05) is 17.7 Å². The van der Waals surface area contributed by atoms with Crippen LogP contribution in [0.3, 0.4) is 0 Å². The molecule has 0 atom stereocenters. The molecule has 1 aromatic carbocycles. The van der Waals surface area contributed by atoms with Crippen molar-refractivity contribution < 1.29 is 19.1 Å². The molecule has 0 fully saturated rings. The van der Waals surface area contributed by atoms with E-state index in [0.29, 0.717) is 25.3 Å². The normalized spacial score (nSPS) is 13.3. The number of hydrogen-bond donors (Lipinski definition) is 1. The highest BCUT2D eigenvalue weighted by atomic mass is 16.5. The predicted molar refractivity (Wildman–Crippen MR) is 95.1 cm³/mol. The van der Waals surface area contributed by atoms with Gasteiger partial charge in [0.15, 0.2) is 12.3 Å². The third-order valence-electron chi connectivity index (χ3n) is 4.44. The van der Waals surface area contributed by atoms with Crippen LogP contribution in [0.4, 0.5) is 0 Å². The molecule has 2 heterocycles. The van der Waals surface area contributed by atoms with Crippen molar-refractivity contribution >= 4 is 11.9 Å². The number of hydrogen-bond acceptors (Lipinski definition) is 5. The fraction of sp³-hybridized carbons (Fsp3) is 0.421. The number of aryl methyl sites for hydroxylation is 2. The molecule has 1 N–H and O–H groups in total. The number of benzene rings is 1. The summed E-state index contributed by atoms with van der Waals surface area (Å²) < 4.78 is 10.7. The van der Waals surface area contributed by atoms with Crippen molar-refractivity contribution in [1.29, 1.82) is 0 Å². The Labute approximate surface area is 152 Å². The number of carbonyl (C=O) groups excluding carboxylic acids is 2. The van der Waals surface area contributed by atoms with Gasteiger partial charge in [0.25, 0.3) is 5.91 Å². The minimum absolute atomic E-state index is 0.0359. The summed E-state index contributed by atoms with van der Waals surface area (Å²) in [4.78, 5) is 26.2. The summed E-state index contributed by atoms with van der Waals surface area (Å²) in [6.45, 7) is 6.86. The molecule has 0 spiro atoms. The van der Waals surface area contributed by atoms with Crippen LogP contribution < -0.4 is 4.74 Å². The lowest BCUT2D eigenvalue weighted by molar-refractivity contribution is -0.134. The van der Waals surface area contributed by atoms with Gasteiger partial charge in [0.05, 0.1) is 13.2 Å². The lowest BCUT2D eigenvalue weighted by Crippen LogP contribution is -2.39. The summed E-state index contributed by atoms with van der Waals surface area (Å²) in [5.41, 5.74) is 4.02. The Bertz CT molecular complexity index is 828. The van der Waals surface area contributed by atoms with E-state index in [1.165, 1.54) is 0 Å². The highest BCUT2D eigenvalue weighted by Crippen LogP contribution is 2.22. The maximum absolute atomic E-state index is 12.5. The van der Waals surface area contributed by atoms with Crippen molar-refractivity contribution in [2.45, 2.75) is 33.7 Å². The predicted octanol–water partition coefficient (Wildman–Crippen LogP) is 2.17. The summed E-state index contributed by atoms with van der Waals surface area (Å²) in [7, 11) is 0. The summed E-state index contributed by atoms with van der Waals surface area (Å²) in [6.07, 6.45) is 0.622. The van der Waals surface area contributed by atoms with Crippen molar-refractivity contribution in [1.82, 2.24) is 15.1 Å². The maximum atomic E-state index is 12.5. The van der Waals surface area contributed by atoms with E-state index in [-0.39, 0.29) is 24.8 Å². The Morgan fingerprint density at radius 1 is 1.31 bits per heavy atom. The Balaban J connectivity index is 1.65. The van der Waals surface area contributed by atoms with Crippen LogP contribution in [0.2, 0.25) is 0 Å². The molecule has 2 aromatic rings. The second-order valence-electron chi connectivity index (χ2n) is 6.37. The van der Waals surface area contributed by atoms with Crippen LogP contribution in [0.1, 0.15) is 39.8 Å². The van der Waals surface area contributed by atoms with Gasteiger partial charge >= 0.3 is 5.97 Å². The summed E-state index contributed by atoms with van der Waals surface area (Å²) >= 11 is 0. The summed E-state index contributed by atoms with van der Waals surface area (Å²) in [5, 5.41) is 6.93. The fourth-order valence-electron chi connectivity index (χ4n) is 3.07. The average Bonchev–Trinajstić information content (AvgIpc) is 3.04. The zero-order valence-electron chi connectivity index (χ0n) is 15.3. The topological polar surface area (TPSA) is 84.5 Å². The van der Waals surface area contributed by atoms with Crippen LogP contribution in [0.25, 0.3) is 0 Å². The average molecular weight is 357 g/mol. The molecule has 0 saturated heterocycles. The van der Waals surface area contributed by atoms with Gasteiger partial charge in [0.2, 0.25) is 0 Å². The van der Waals surface area contributed by atoms with Crippen LogP contribution >= 0.6 is 0 Å². The number of fused-ring (bicyclic) bond motifs is 1. The van der Waals surface area contributed by atoms with Crippen molar-refractivity contribution in [2.24, 2.45) is 0 Å². The van der Waals surface area contributed by atoms with Crippen LogP contribution in [0, 0.1) is 13.8 Å². The van der Waals surface area contributed by atoms with E-state index in [0.717, 1.165) is 22.4 Å². The van der Waals surface area contributed by atoms with Crippen LogP contribution in [-0.2, 0) is 22.5 Å². The second-order valence-corrected chi connectivity index (χ2v) is 6.37. The number of esters is 1. The van der Waals surface area contributed by atoms with E-state index in [9.17, 15) is 9.59 Å². The molecule has 0 saturated carbocycles. The second kappa shape index (κ2) is 7.59. The number of H-pyrrole nitrogens is 1. The number of carbonyl (C=O) groups is 2. The largest absolute Gasteiger partial charge is 0.484 e. The highest BCUT2D eigenvalue weighted by Gasteiger charge is 2.28. The molecular weight excluding hydrogens is 334 g/mol. The van der Waals surface area contributed by atoms with E-state index in [1.807, 2.05) is 32.0 Å². The first-order chi connectivity index (χ1) is 12.5. The zero-order valence-corrected chi connectivity index (χ0v) is 15.3. The molecule has 1 aliphatic heterocycles. The number of rotatable bonds is 5. The van der Waals surface area contributed by atoms with Crippen LogP contribution in [0.15, 0.2) is 18.2 Å². The molecule has 3 rings (SSSR count). The Kier molecular flexibility index (Phi) is 5.25. The van der Waals surface area contributed by atoms with E-state index in [1.54, 1.807) is 11.8 Å². The standard InChI is InChI=1S/C19H23N3O4/c1-4-25-19(24)18-14-10-22(8-7-15(14)20-21-18)17(23)11-26-16-6-5-12(2)9-13(16)3/h5-6,9H,4,7-8,10-11H2,1-3H3,(H,20,21). The molecule has 7 heteroatoms. The number of nitrogens with one attached hydrogen (secondary N) is 1. The first kappa shape index (κ1) is 18.0. The molecule has 7 nitrogen and oxygen atoms in total. The van der Waals surface area contributed by atoms with Gasteiger partial charge in [-0.2, -0.15) is 5.10 Å². The molecule has 1 aliphatic rings. The third-order valence-corrected chi connectivity index (χ3v) is 4.44. The SMILES string of the molecule is CCOC(=O)c1n[nH]c2c1CN(C(=O)COc1ccc(C)cc1C)CC2. The number of nitrogens with zero attached hydrogens (tertiary/aromatic N) is 2. The first-order valence-corrected chi connectivity index (χ1v) is 8.70. The smallest absolute Gasteiger partial charge is 0.359 e. The maximum Gasteiger partial charge on any atom is 0.359 e. The number of aromatic amines is 1. The highest BCUT2D eigenvalue weighted by molar-refractivity contribution is 5.89. The van der Waals surface area contributed by atoms with Crippen LogP contribution in [0.5, 0.6) is 5.75 Å². The third kappa shape index (κ3) is 3.71. The van der Waals surface area contributed by atoms with Crippen molar-refractivity contribution in [3.8, 4) is 5.75 Å². The number of aromatic nitrogens is 2. The number of ether oxygens (including phenoxy) is 2. The summed E-state index contributed by atoms with van der Waals surface area (Å²) in [6, 6.07) is 5.85. The van der Waals surface area contributed by atoms with Gasteiger partial charge in [-0.15, -0.1) is 0 Å². The molecule has 0 unspecified atom stereocenters. The minimum atomic E-state index is -0.467. The van der Waals surface area contributed by atoms with Gasteiger partial charge in [0, 0.05) is 24.2 Å². The number of amides is 1. The summed E-state index contributed by atoms with van der Waals surface area (Å²) in [5.74, 6) is 0.120. The zero-order chi connectivity index (χ0) is 18.7. The fourth-order valence-corrected chi connectivity index (χ4v) is 3.07. The molecule has 1 aromatic heterocycles. The Morgan fingerprint density at radius 2 is 2.12 bits per heavy atom. The molecule has 1 amide bonds. The first-order valence-electron chi connectivity index (χ1n) is 8.70. The van der Waals surface area contributed by atoms with Gasteiger partial charge in [0.1, 0.15) is 5.75 Å². The van der Waals surface area contributed by atoms with E-state index in [4.69, 9.17) is 9.47 Å². The monoisotopic (exact) mass is 357 g/mol. The lowest BCUT2D eigenvalue weighted by Gasteiger charge is -2.27. The molecule has 138 valence electrons. The van der Waals surface area contributed by atoms with E-state index >= 15 is 0 Å². The van der Waals surface area contributed by atoms with Gasteiger partial charge in [-0.05, 0) is 32.4 Å².